The van der Waals surface area contributed by atoms with Crippen molar-refractivity contribution in [2.75, 3.05) is 50.8 Å². The molecular weight excluding hydrogens is 451 g/mol. The molecule has 1 N–H and O–H groups in total. The fourth-order valence-electron chi connectivity index (χ4n) is 5.13. The lowest BCUT2D eigenvalue weighted by Gasteiger charge is -2.44. The van der Waals surface area contributed by atoms with Crippen LogP contribution in [0.2, 0.25) is 0 Å². The van der Waals surface area contributed by atoms with Crippen LogP contribution in [0.25, 0.3) is 0 Å². The Bertz CT molecular complexity index is 1140. The van der Waals surface area contributed by atoms with Crippen LogP contribution in [0.3, 0.4) is 0 Å². The van der Waals surface area contributed by atoms with Gasteiger partial charge in [-0.25, -0.2) is 10.1 Å². The molecule has 0 amide bonds. The van der Waals surface area contributed by atoms with Crippen molar-refractivity contribution in [2.24, 2.45) is 0 Å². The maximum absolute atomic E-state index is 13.5. The first-order valence-corrected chi connectivity index (χ1v) is 11.2. The number of ether oxygens (including phenoxy) is 1. The third kappa shape index (κ3) is 4.26. The number of nitrogens with zero attached hydrogens (tertiary/aromatic N) is 6. The van der Waals surface area contributed by atoms with Gasteiger partial charge in [0, 0.05) is 45.5 Å². The number of pyridine rings is 1. The molecular formula is C22H24F3N7O2. The standard InChI is InChI=1S/C22H24F3N7O2/c23-22(24,25)19-15-2-3-16(20(15)28-29-21(19)33)32-9-10-34-18(13-32)31-7-5-30(6-8-31)17-4-1-14(11-26)12-27-17/h1,4,12,16,18H,2-3,5-10,13H2,(H,29,33)/t16-,18+/m1/s1. The summed E-state index contributed by atoms with van der Waals surface area (Å²) >= 11 is 0. The highest BCUT2D eigenvalue weighted by Crippen LogP contribution is 2.40. The number of fused-ring (bicyclic) bond motifs is 1. The van der Waals surface area contributed by atoms with Crippen molar-refractivity contribution in [3.05, 3.63) is 51.1 Å². The van der Waals surface area contributed by atoms with Gasteiger partial charge < -0.3 is 9.64 Å². The first kappa shape index (κ1) is 22.8. The second-order valence-electron chi connectivity index (χ2n) is 8.70. The lowest BCUT2D eigenvalue weighted by atomic mass is 10.1. The molecule has 2 aromatic heterocycles. The molecule has 2 aliphatic heterocycles. The molecule has 0 unspecified atom stereocenters. The number of anilines is 1. The topological polar surface area (TPSA) is 101 Å². The van der Waals surface area contributed by atoms with Crippen LogP contribution in [-0.4, -0.2) is 77.1 Å². The number of rotatable bonds is 3. The smallest absolute Gasteiger partial charge is 0.360 e. The van der Waals surface area contributed by atoms with Crippen LogP contribution in [0, 0.1) is 11.3 Å². The fraction of sp³-hybridized carbons (Fsp3) is 0.545. The summed E-state index contributed by atoms with van der Waals surface area (Å²) in [5.74, 6) is 0.827. The van der Waals surface area contributed by atoms with Gasteiger partial charge in [-0.2, -0.15) is 23.5 Å². The van der Waals surface area contributed by atoms with E-state index in [4.69, 9.17) is 10.00 Å². The predicted octanol–water partition coefficient (Wildman–Crippen LogP) is 1.52. The Labute approximate surface area is 193 Å². The Kier molecular flexibility index (Phi) is 6.01. The fourth-order valence-corrected chi connectivity index (χ4v) is 5.13. The number of aromatic nitrogens is 3. The third-order valence-electron chi connectivity index (χ3n) is 6.83. The number of H-pyrrole nitrogens is 1. The summed E-state index contributed by atoms with van der Waals surface area (Å²) in [5, 5.41) is 15.0. The molecule has 2 fully saturated rings. The maximum atomic E-state index is 13.5. The van der Waals surface area contributed by atoms with Crippen molar-refractivity contribution in [2.45, 2.75) is 31.3 Å². The maximum Gasteiger partial charge on any atom is 0.422 e. The SMILES string of the molecule is N#Cc1ccc(N2CCN([C@@H]3CN([C@@H]4CCc5c4n[nH]c(=O)c5C(F)(F)F)CCO3)CC2)nc1. The van der Waals surface area contributed by atoms with Gasteiger partial charge in [0.2, 0.25) is 0 Å². The van der Waals surface area contributed by atoms with Gasteiger partial charge in [0.1, 0.15) is 23.7 Å². The summed E-state index contributed by atoms with van der Waals surface area (Å²) < 4.78 is 46.4. The van der Waals surface area contributed by atoms with E-state index in [9.17, 15) is 18.0 Å². The van der Waals surface area contributed by atoms with E-state index in [0.717, 1.165) is 32.0 Å². The van der Waals surface area contributed by atoms with Crippen LogP contribution in [0.4, 0.5) is 19.0 Å². The van der Waals surface area contributed by atoms with Crippen molar-refractivity contribution in [3.8, 4) is 6.07 Å². The Morgan fingerprint density at radius 1 is 1.15 bits per heavy atom. The highest BCUT2D eigenvalue weighted by atomic mass is 19.4. The predicted molar refractivity (Wildman–Crippen MR) is 115 cm³/mol. The lowest BCUT2D eigenvalue weighted by molar-refractivity contribution is -0.139. The summed E-state index contributed by atoms with van der Waals surface area (Å²) in [5.41, 5.74) is -1.43. The Hall–Kier alpha value is -3.01. The molecule has 12 heteroatoms. The zero-order valence-electron chi connectivity index (χ0n) is 18.4. The zero-order chi connectivity index (χ0) is 23.9. The van der Waals surface area contributed by atoms with E-state index in [0.29, 0.717) is 37.4 Å². The molecule has 0 saturated carbocycles. The second kappa shape index (κ2) is 8.98. The second-order valence-corrected chi connectivity index (χ2v) is 8.70. The molecule has 0 aromatic carbocycles. The number of hydrogen-bond acceptors (Lipinski definition) is 8. The minimum Gasteiger partial charge on any atom is -0.360 e. The molecule has 2 atom stereocenters. The van der Waals surface area contributed by atoms with Gasteiger partial charge in [0.15, 0.2) is 0 Å². The number of nitriles is 1. The molecule has 9 nitrogen and oxygen atoms in total. The summed E-state index contributed by atoms with van der Waals surface area (Å²) in [6.07, 6.45) is -2.63. The van der Waals surface area contributed by atoms with Crippen LogP contribution >= 0.6 is 0 Å². The van der Waals surface area contributed by atoms with E-state index >= 15 is 0 Å². The van der Waals surface area contributed by atoms with Crippen molar-refractivity contribution in [1.29, 1.82) is 5.26 Å². The summed E-state index contributed by atoms with van der Waals surface area (Å²) in [7, 11) is 0. The molecule has 0 bridgehead atoms. The quantitative estimate of drug-likeness (QED) is 0.713. The average Bonchev–Trinajstić information content (AvgIpc) is 3.27. The van der Waals surface area contributed by atoms with Gasteiger partial charge in [-0.1, -0.05) is 0 Å². The highest BCUT2D eigenvalue weighted by Gasteiger charge is 2.43. The first-order chi connectivity index (χ1) is 16.3. The van der Waals surface area contributed by atoms with Gasteiger partial charge >= 0.3 is 6.18 Å². The van der Waals surface area contributed by atoms with Crippen LogP contribution < -0.4 is 10.5 Å². The van der Waals surface area contributed by atoms with Gasteiger partial charge in [-0.15, -0.1) is 0 Å². The monoisotopic (exact) mass is 475 g/mol. The number of aromatic amines is 1. The first-order valence-electron chi connectivity index (χ1n) is 11.2. The van der Waals surface area contributed by atoms with Crippen LogP contribution in [0.5, 0.6) is 0 Å². The van der Waals surface area contributed by atoms with Gasteiger partial charge in [-0.3, -0.25) is 14.6 Å². The number of alkyl halides is 3. The number of nitrogens with one attached hydrogen (secondary N) is 1. The van der Waals surface area contributed by atoms with Crippen LogP contribution in [0.15, 0.2) is 23.1 Å². The zero-order valence-corrected chi connectivity index (χ0v) is 18.4. The van der Waals surface area contributed by atoms with Gasteiger partial charge in [0.25, 0.3) is 5.56 Å². The Morgan fingerprint density at radius 2 is 1.94 bits per heavy atom. The molecule has 0 radical (unpaired) electrons. The molecule has 4 heterocycles. The molecule has 0 spiro atoms. The average molecular weight is 475 g/mol. The van der Waals surface area contributed by atoms with Crippen molar-refractivity contribution >= 4 is 5.82 Å². The molecule has 1 aliphatic carbocycles. The van der Waals surface area contributed by atoms with E-state index in [1.54, 1.807) is 12.3 Å². The molecule has 180 valence electrons. The molecule has 34 heavy (non-hydrogen) atoms. The molecule has 5 rings (SSSR count). The summed E-state index contributed by atoms with van der Waals surface area (Å²) in [6.45, 7) is 4.64. The number of morpholine rings is 1. The Morgan fingerprint density at radius 3 is 2.62 bits per heavy atom. The summed E-state index contributed by atoms with van der Waals surface area (Å²) in [6, 6.07) is 5.39. The minimum absolute atomic E-state index is 0.0211. The van der Waals surface area contributed by atoms with E-state index in [-0.39, 0.29) is 24.3 Å². The minimum atomic E-state index is -4.70. The van der Waals surface area contributed by atoms with Crippen LogP contribution in [-0.2, 0) is 17.3 Å². The van der Waals surface area contributed by atoms with Gasteiger partial charge in [-0.05, 0) is 30.5 Å². The normalized spacial score (nSPS) is 24.1. The lowest BCUT2D eigenvalue weighted by Crippen LogP contribution is -2.57. The van der Waals surface area contributed by atoms with Crippen molar-refractivity contribution < 1.29 is 17.9 Å². The third-order valence-corrected chi connectivity index (χ3v) is 6.83. The summed E-state index contributed by atoms with van der Waals surface area (Å²) in [4.78, 5) is 22.7. The number of halogens is 3. The molecule has 2 aromatic rings. The molecule has 3 aliphatic rings. The van der Waals surface area contributed by atoms with Crippen molar-refractivity contribution in [3.63, 3.8) is 0 Å². The van der Waals surface area contributed by atoms with Gasteiger partial charge in [0.05, 0.1) is 23.9 Å². The molecule has 2 saturated heterocycles. The highest BCUT2D eigenvalue weighted by molar-refractivity contribution is 5.42. The van der Waals surface area contributed by atoms with Crippen molar-refractivity contribution in [1.82, 2.24) is 25.0 Å². The number of piperazine rings is 1. The Balaban J connectivity index is 1.25. The van der Waals surface area contributed by atoms with E-state index in [2.05, 4.69) is 36.0 Å². The van der Waals surface area contributed by atoms with E-state index in [1.807, 2.05) is 6.07 Å². The number of hydrogen-bond donors (Lipinski definition) is 1. The van der Waals surface area contributed by atoms with E-state index in [1.165, 1.54) is 0 Å². The van der Waals surface area contributed by atoms with E-state index < -0.39 is 17.3 Å². The largest absolute Gasteiger partial charge is 0.422 e. The van der Waals surface area contributed by atoms with Crippen LogP contribution in [0.1, 0.15) is 34.8 Å².